The van der Waals surface area contributed by atoms with E-state index in [0.29, 0.717) is 42.6 Å². The van der Waals surface area contributed by atoms with E-state index in [2.05, 4.69) is 15.5 Å². The van der Waals surface area contributed by atoms with Crippen LogP contribution in [0.25, 0.3) is 11.3 Å². The number of halogens is 2. The Morgan fingerprint density at radius 1 is 1.37 bits per heavy atom. The Kier molecular flexibility index (Phi) is 7.65. The average Bonchev–Trinajstić information content (AvgIpc) is 3.16. The van der Waals surface area contributed by atoms with E-state index in [1.165, 1.54) is 0 Å². The lowest BCUT2D eigenvalue weighted by molar-refractivity contribution is -0.126. The monoisotopic (exact) mass is 411 g/mol. The zero-order valence-electron chi connectivity index (χ0n) is 14.8. The van der Waals surface area contributed by atoms with Crippen LogP contribution in [0.1, 0.15) is 23.3 Å². The number of aromatic amines is 1. The number of H-pyrrole nitrogens is 1. The van der Waals surface area contributed by atoms with Gasteiger partial charge < -0.3 is 16.0 Å². The number of rotatable bonds is 5. The number of nitrogens with two attached hydrogens (primary N) is 1. The average molecular weight is 412 g/mol. The Balaban J connectivity index is 0.00000261. The predicted octanol–water partition coefficient (Wildman–Crippen LogP) is 2.08. The van der Waals surface area contributed by atoms with Crippen molar-refractivity contribution in [3.05, 3.63) is 41.0 Å². The molecule has 9 heteroatoms. The summed E-state index contributed by atoms with van der Waals surface area (Å²) in [5, 5.41) is 10.4. The molecule has 1 unspecified atom stereocenters. The van der Waals surface area contributed by atoms with Gasteiger partial charge in [-0.1, -0.05) is 29.8 Å². The normalized spacial score (nSPS) is 16.5. The smallest absolute Gasteiger partial charge is 0.271 e. The second-order valence-electron chi connectivity index (χ2n) is 6.32. The molecule has 146 valence electrons. The van der Waals surface area contributed by atoms with Crippen LogP contribution in [0, 0.1) is 5.92 Å². The lowest BCUT2D eigenvalue weighted by Crippen LogP contribution is -2.46. The van der Waals surface area contributed by atoms with Crippen molar-refractivity contribution < 1.29 is 9.59 Å². The number of aromatic nitrogens is 2. The third-order valence-corrected chi connectivity index (χ3v) is 4.81. The highest BCUT2D eigenvalue weighted by Gasteiger charge is 2.29. The summed E-state index contributed by atoms with van der Waals surface area (Å²) in [5.41, 5.74) is 7.20. The van der Waals surface area contributed by atoms with Crippen molar-refractivity contribution in [2.75, 3.05) is 26.2 Å². The SMILES string of the molecule is Cl.NCCNC(=O)C1CCCN(C(=O)c2cc(-c3ccccc3Cl)n[nH]2)C1. The van der Waals surface area contributed by atoms with Gasteiger partial charge in [-0.15, -0.1) is 12.4 Å². The van der Waals surface area contributed by atoms with E-state index in [1.807, 2.05) is 18.2 Å². The number of nitrogens with one attached hydrogen (secondary N) is 2. The molecular formula is C18H23Cl2N5O2. The van der Waals surface area contributed by atoms with Crippen LogP contribution in [0.2, 0.25) is 5.02 Å². The molecule has 1 aliphatic rings. The fraction of sp³-hybridized carbons (Fsp3) is 0.389. The fourth-order valence-corrected chi connectivity index (χ4v) is 3.36. The van der Waals surface area contributed by atoms with Crippen molar-refractivity contribution in [2.45, 2.75) is 12.8 Å². The van der Waals surface area contributed by atoms with Crippen LogP contribution in [0.4, 0.5) is 0 Å². The zero-order valence-corrected chi connectivity index (χ0v) is 16.4. The maximum absolute atomic E-state index is 12.8. The molecule has 1 aromatic heterocycles. The first-order valence-corrected chi connectivity index (χ1v) is 9.05. The molecule has 7 nitrogen and oxygen atoms in total. The van der Waals surface area contributed by atoms with Gasteiger partial charge in [-0.25, -0.2) is 0 Å². The number of piperidine rings is 1. The highest BCUT2D eigenvalue weighted by Crippen LogP contribution is 2.27. The zero-order chi connectivity index (χ0) is 18.5. The molecule has 2 amide bonds. The summed E-state index contributed by atoms with van der Waals surface area (Å²) in [6, 6.07) is 9.04. The van der Waals surface area contributed by atoms with Crippen molar-refractivity contribution in [3.63, 3.8) is 0 Å². The molecule has 2 aromatic rings. The standard InChI is InChI=1S/C18H22ClN5O2.ClH/c19-14-6-2-1-5-13(14)15-10-16(23-22-15)18(26)24-9-3-4-12(11-24)17(25)21-8-7-20;/h1-2,5-6,10,12H,3-4,7-9,11,20H2,(H,21,25)(H,22,23);1H. The van der Waals surface area contributed by atoms with Gasteiger partial charge in [-0.3, -0.25) is 14.7 Å². The minimum atomic E-state index is -0.204. The molecule has 1 aromatic carbocycles. The van der Waals surface area contributed by atoms with Crippen LogP contribution in [-0.2, 0) is 4.79 Å². The molecular weight excluding hydrogens is 389 g/mol. The van der Waals surface area contributed by atoms with Gasteiger partial charge in [0, 0.05) is 31.7 Å². The van der Waals surface area contributed by atoms with Crippen LogP contribution in [-0.4, -0.2) is 53.1 Å². The van der Waals surface area contributed by atoms with Crippen LogP contribution in [0.3, 0.4) is 0 Å². The lowest BCUT2D eigenvalue weighted by atomic mass is 9.97. The van der Waals surface area contributed by atoms with Crippen LogP contribution in [0.5, 0.6) is 0 Å². The van der Waals surface area contributed by atoms with Gasteiger partial charge in [-0.2, -0.15) is 5.10 Å². The number of amides is 2. The minimum Gasteiger partial charge on any atom is -0.355 e. The first kappa shape index (κ1) is 21.2. The molecule has 1 aliphatic heterocycles. The number of benzene rings is 1. The van der Waals surface area contributed by atoms with Gasteiger partial charge in [-0.05, 0) is 25.0 Å². The Hall–Kier alpha value is -2.09. The summed E-state index contributed by atoms with van der Waals surface area (Å²) in [7, 11) is 0. The van der Waals surface area contributed by atoms with Gasteiger partial charge in [0.1, 0.15) is 5.69 Å². The molecule has 0 saturated carbocycles. The van der Waals surface area contributed by atoms with E-state index in [1.54, 1.807) is 17.0 Å². The Bertz CT molecular complexity index is 796. The minimum absolute atomic E-state index is 0. The van der Waals surface area contributed by atoms with Crippen molar-refractivity contribution in [1.82, 2.24) is 20.4 Å². The van der Waals surface area contributed by atoms with Gasteiger partial charge in [0.25, 0.3) is 5.91 Å². The third-order valence-electron chi connectivity index (χ3n) is 4.48. The van der Waals surface area contributed by atoms with Crippen molar-refractivity contribution in [3.8, 4) is 11.3 Å². The van der Waals surface area contributed by atoms with Gasteiger partial charge in [0.05, 0.1) is 16.6 Å². The second kappa shape index (κ2) is 9.73. The Morgan fingerprint density at radius 2 is 2.15 bits per heavy atom. The number of hydrogen-bond acceptors (Lipinski definition) is 4. The fourth-order valence-electron chi connectivity index (χ4n) is 3.12. The molecule has 0 radical (unpaired) electrons. The van der Waals surface area contributed by atoms with E-state index < -0.39 is 0 Å². The van der Waals surface area contributed by atoms with Gasteiger partial charge in [0.2, 0.25) is 5.91 Å². The molecule has 0 bridgehead atoms. The molecule has 4 N–H and O–H groups in total. The quantitative estimate of drug-likeness (QED) is 0.700. The van der Waals surface area contributed by atoms with Crippen molar-refractivity contribution in [1.29, 1.82) is 0 Å². The first-order valence-electron chi connectivity index (χ1n) is 8.67. The molecule has 3 rings (SSSR count). The molecule has 1 fully saturated rings. The molecule has 2 heterocycles. The lowest BCUT2D eigenvalue weighted by Gasteiger charge is -2.31. The highest BCUT2D eigenvalue weighted by atomic mass is 35.5. The van der Waals surface area contributed by atoms with Crippen molar-refractivity contribution >= 4 is 35.8 Å². The number of carbonyl (C=O) groups excluding carboxylic acids is 2. The number of carbonyl (C=O) groups is 2. The van der Waals surface area contributed by atoms with E-state index in [9.17, 15) is 9.59 Å². The molecule has 0 aliphatic carbocycles. The summed E-state index contributed by atoms with van der Waals surface area (Å²) < 4.78 is 0. The molecule has 1 saturated heterocycles. The van der Waals surface area contributed by atoms with E-state index >= 15 is 0 Å². The summed E-state index contributed by atoms with van der Waals surface area (Å²) in [4.78, 5) is 26.6. The maximum atomic E-state index is 12.8. The largest absolute Gasteiger partial charge is 0.355 e. The van der Waals surface area contributed by atoms with Gasteiger partial charge in [0.15, 0.2) is 0 Å². The summed E-state index contributed by atoms with van der Waals surface area (Å²) >= 11 is 6.19. The molecule has 27 heavy (non-hydrogen) atoms. The van der Waals surface area contributed by atoms with E-state index in [4.69, 9.17) is 17.3 Å². The number of hydrogen-bond donors (Lipinski definition) is 3. The Morgan fingerprint density at radius 3 is 2.89 bits per heavy atom. The predicted molar refractivity (Wildman–Crippen MR) is 107 cm³/mol. The van der Waals surface area contributed by atoms with Crippen LogP contribution < -0.4 is 11.1 Å². The molecule has 1 atom stereocenters. The highest BCUT2D eigenvalue weighted by molar-refractivity contribution is 6.33. The third kappa shape index (κ3) is 5.00. The first-order chi connectivity index (χ1) is 12.6. The van der Waals surface area contributed by atoms with Crippen LogP contribution in [0.15, 0.2) is 30.3 Å². The van der Waals surface area contributed by atoms with Crippen molar-refractivity contribution in [2.24, 2.45) is 11.7 Å². The topological polar surface area (TPSA) is 104 Å². The van der Waals surface area contributed by atoms with Gasteiger partial charge >= 0.3 is 0 Å². The molecule has 0 spiro atoms. The van der Waals surface area contributed by atoms with E-state index in [-0.39, 0.29) is 30.1 Å². The summed E-state index contributed by atoms with van der Waals surface area (Å²) in [6.07, 6.45) is 1.56. The Labute approximate surface area is 169 Å². The summed E-state index contributed by atoms with van der Waals surface area (Å²) in [6.45, 7) is 1.88. The number of likely N-dealkylation sites (tertiary alicyclic amines) is 1. The number of nitrogens with zero attached hydrogens (tertiary/aromatic N) is 2. The maximum Gasteiger partial charge on any atom is 0.271 e. The second-order valence-corrected chi connectivity index (χ2v) is 6.72. The van der Waals surface area contributed by atoms with E-state index in [0.717, 1.165) is 18.4 Å². The van der Waals surface area contributed by atoms with Crippen LogP contribution >= 0.6 is 24.0 Å². The summed E-state index contributed by atoms with van der Waals surface area (Å²) in [5.74, 6) is -0.411.